The summed E-state index contributed by atoms with van der Waals surface area (Å²) in [5, 5.41) is 3.62. The van der Waals surface area contributed by atoms with E-state index in [0.717, 1.165) is 19.0 Å². The Morgan fingerprint density at radius 2 is 1.61 bits per heavy atom. The highest BCUT2D eigenvalue weighted by Gasteiger charge is 2.27. The molecule has 2 nitrogen and oxygen atoms in total. The minimum absolute atomic E-state index is 0.346. The minimum atomic E-state index is 0.346. The van der Waals surface area contributed by atoms with Crippen molar-refractivity contribution in [1.82, 2.24) is 10.2 Å². The van der Waals surface area contributed by atoms with Crippen LogP contribution in [0, 0.1) is 11.3 Å². The molecule has 110 valence electrons. The first-order valence-electron chi connectivity index (χ1n) is 7.62. The molecule has 1 N–H and O–H groups in total. The van der Waals surface area contributed by atoms with Crippen LogP contribution in [0.1, 0.15) is 61.3 Å². The number of nitrogens with one attached hydrogen (secondary N) is 1. The van der Waals surface area contributed by atoms with Crippen molar-refractivity contribution in [2.75, 3.05) is 20.1 Å². The van der Waals surface area contributed by atoms with Gasteiger partial charge in [0.05, 0.1) is 0 Å². The topological polar surface area (TPSA) is 15.3 Å². The molecule has 0 aliphatic carbocycles. The number of rotatable bonds is 8. The molecule has 0 aromatic rings. The zero-order valence-corrected chi connectivity index (χ0v) is 14.0. The van der Waals surface area contributed by atoms with Crippen LogP contribution in [0.2, 0.25) is 0 Å². The number of likely N-dealkylation sites (N-methyl/N-ethyl adjacent to an activating group) is 1. The Kier molecular flexibility index (Phi) is 8.13. The highest BCUT2D eigenvalue weighted by Crippen LogP contribution is 2.25. The average molecular weight is 256 g/mol. The second-order valence-electron chi connectivity index (χ2n) is 7.20. The Bertz CT molecular complexity index is 206. The van der Waals surface area contributed by atoms with Gasteiger partial charge in [-0.15, -0.1) is 0 Å². The van der Waals surface area contributed by atoms with E-state index in [4.69, 9.17) is 0 Å². The molecule has 2 atom stereocenters. The van der Waals surface area contributed by atoms with Crippen molar-refractivity contribution in [2.45, 2.75) is 73.4 Å². The Balaban J connectivity index is 4.39. The van der Waals surface area contributed by atoms with Gasteiger partial charge in [0.2, 0.25) is 0 Å². The molecule has 0 saturated heterocycles. The third-order valence-electron chi connectivity index (χ3n) is 3.99. The van der Waals surface area contributed by atoms with Crippen LogP contribution in [0.15, 0.2) is 0 Å². The van der Waals surface area contributed by atoms with E-state index >= 15 is 0 Å². The van der Waals surface area contributed by atoms with Crippen LogP contribution in [0.25, 0.3) is 0 Å². The summed E-state index contributed by atoms with van der Waals surface area (Å²) in [6.45, 7) is 18.4. The van der Waals surface area contributed by atoms with Crippen LogP contribution >= 0.6 is 0 Å². The van der Waals surface area contributed by atoms with E-state index in [9.17, 15) is 0 Å². The van der Waals surface area contributed by atoms with Crippen LogP contribution in [0.3, 0.4) is 0 Å². The van der Waals surface area contributed by atoms with E-state index in [0.29, 0.717) is 17.5 Å². The van der Waals surface area contributed by atoms with E-state index in [1.165, 1.54) is 12.8 Å². The summed E-state index contributed by atoms with van der Waals surface area (Å²) in [7, 11) is 2.29. The quantitative estimate of drug-likeness (QED) is 0.711. The van der Waals surface area contributed by atoms with Crippen molar-refractivity contribution in [3.8, 4) is 0 Å². The van der Waals surface area contributed by atoms with Gasteiger partial charge in [0, 0.05) is 18.6 Å². The lowest BCUT2D eigenvalue weighted by Gasteiger charge is -2.40. The lowest BCUT2D eigenvalue weighted by molar-refractivity contribution is 0.0911. The molecule has 2 unspecified atom stereocenters. The predicted molar refractivity (Wildman–Crippen MR) is 83.1 cm³/mol. The van der Waals surface area contributed by atoms with Gasteiger partial charge in [-0.3, -0.25) is 4.90 Å². The summed E-state index contributed by atoms with van der Waals surface area (Å²) < 4.78 is 0. The molecular weight excluding hydrogens is 220 g/mol. The van der Waals surface area contributed by atoms with Gasteiger partial charge >= 0.3 is 0 Å². The van der Waals surface area contributed by atoms with Crippen LogP contribution in [-0.4, -0.2) is 37.1 Å². The lowest BCUT2D eigenvalue weighted by Crippen LogP contribution is -2.49. The fourth-order valence-corrected chi connectivity index (χ4v) is 2.25. The first-order chi connectivity index (χ1) is 8.20. The minimum Gasteiger partial charge on any atom is -0.315 e. The fraction of sp³-hybridized carbons (Fsp3) is 1.00. The normalized spacial score (nSPS) is 16.3. The second kappa shape index (κ2) is 8.16. The van der Waals surface area contributed by atoms with Gasteiger partial charge in [-0.05, 0) is 38.3 Å². The van der Waals surface area contributed by atoms with E-state index in [-0.39, 0.29) is 0 Å². The molecule has 0 bridgehead atoms. The van der Waals surface area contributed by atoms with Gasteiger partial charge < -0.3 is 5.32 Å². The van der Waals surface area contributed by atoms with Crippen molar-refractivity contribution >= 4 is 0 Å². The van der Waals surface area contributed by atoms with E-state index in [1.54, 1.807) is 0 Å². The van der Waals surface area contributed by atoms with Crippen LogP contribution in [0.4, 0.5) is 0 Å². The molecule has 0 heterocycles. The van der Waals surface area contributed by atoms with Gasteiger partial charge in [-0.1, -0.05) is 48.0 Å². The highest BCUT2D eigenvalue weighted by atomic mass is 15.2. The maximum atomic E-state index is 3.62. The summed E-state index contributed by atoms with van der Waals surface area (Å²) >= 11 is 0. The lowest BCUT2D eigenvalue weighted by atomic mass is 9.86. The van der Waals surface area contributed by atoms with Crippen molar-refractivity contribution in [1.29, 1.82) is 0 Å². The molecule has 2 heteroatoms. The third-order valence-corrected chi connectivity index (χ3v) is 3.99. The molecule has 0 fully saturated rings. The third kappa shape index (κ3) is 6.75. The Hall–Kier alpha value is -0.0800. The zero-order valence-electron chi connectivity index (χ0n) is 14.0. The summed E-state index contributed by atoms with van der Waals surface area (Å²) in [5.41, 5.74) is 0.346. The molecule has 0 amide bonds. The molecular formula is C16H36N2. The van der Waals surface area contributed by atoms with Crippen molar-refractivity contribution in [2.24, 2.45) is 11.3 Å². The van der Waals surface area contributed by atoms with Gasteiger partial charge in [-0.2, -0.15) is 0 Å². The second-order valence-corrected chi connectivity index (χ2v) is 7.20. The van der Waals surface area contributed by atoms with E-state index in [1.807, 2.05) is 0 Å². The maximum Gasteiger partial charge on any atom is 0.0220 e. The molecule has 0 aliphatic heterocycles. The Morgan fingerprint density at radius 1 is 1.06 bits per heavy atom. The van der Waals surface area contributed by atoms with Gasteiger partial charge in [0.1, 0.15) is 0 Å². The molecule has 0 saturated carbocycles. The monoisotopic (exact) mass is 256 g/mol. The largest absolute Gasteiger partial charge is 0.315 e. The van der Waals surface area contributed by atoms with E-state index in [2.05, 4.69) is 65.7 Å². The molecule has 18 heavy (non-hydrogen) atoms. The standard InChI is InChI=1S/C16H36N2/c1-9-10-15(12-17-11-13(2)3)18(8)14(4)16(5,6)7/h13-15,17H,9-12H2,1-8H3. The van der Waals surface area contributed by atoms with Gasteiger partial charge in [-0.25, -0.2) is 0 Å². The Labute approximate surface area is 116 Å². The predicted octanol–water partition coefficient (Wildman–Crippen LogP) is 3.77. The van der Waals surface area contributed by atoms with Gasteiger partial charge in [0.15, 0.2) is 0 Å². The smallest absolute Gasteiger partial charge is 0.0220 e. The SMILES string of the molecule is CCCC(CNCC(C)C)N(C)C(C)C(C)(C)C. The number of nitrogens with zero attached hydrogens (tertiary/aromatic N) is 1. The summed E-state index contributed by atoms with van der Waals surface area (Å²) in [4.78, 5) is 2.57. The van der Waals surface area contributed by atoms with E-state index < -0.39 is 0 Å². The fourth-order valence-electron chi connectivity index (χ4n) is 2.25. The zero-order chi connectivity index (χ0) is 14.3. The molecule has 0 aliphatic rings. The van der Waals surface area contributed by atoms with Crippen LogP contribution < -0.4 is 5.32 Å². The summed E-state index contributed by atoms with van der Waals surface area (Å²) in [5.74, 6) is 0.734. The summed E-state index contributed by atoms with van der Waals surface area (Å²) in [6.07, 6.45) is 2.54. The number of hydrogen-bond donors (Lipinski definition) is 1. The maximum absolute atomic E-state index is 3.62. The first kappa shape index (κ1) is 17.9. The summed E-state index contributed by atoms with van der Waals surface area (Å²) in [6, 6.07) is 1.26. The highest BCUT2D eigenvalue weighted by molar-refractivity contribution is 4.83. The molecule has 0 radical (unpaired) electrons. The first-order valence-corrected chi connectivity index (χ1v) is 7.62. The van der Waals surface area contributed by atoms with Crippen LogP contribution in [-0.2, 0) is 0 Å². The van der Waals surface area contributed by atoms with Crippen molar-refractivity contribution in [3.63, 3.8) is 0 Å². The molecule has 0 aromatic carbocycles. The molecule has 0 rings (SSSR count). The van der Waals surface area contributed by atoms with Crippen molar-refractivity contribution < 1.29 is 0 Å². The van der Waals surface area contributed by atoms with Crippen LogP contribution in [0.5, 0.6) is 0 Å². The van der Waals surface area contributed by atoms with Crippen molar-refractivity contribution in [3.05, 3.63) is 0 Å². The number of hydrogen-bond acceptors (Lipinski definition) is 2. The van der Waals surface area contributed by atoms with Gasteiger partial charge in [0.25, 0.3) is 0 Å². The molecule has 0 spiro atoms. The average Bonchev–Trinajstić information content (AvgIpc) is 2.24. The Morgan fingerprint density at radius 3 is 2.00 bits per heavy atom. The molecule has 0 aromatic heterocycles.